The highest BCUT2D eigenvalue weighted by molar-refractivity contribution is 6.01. The number of aliphatic hydroxyl groups is 2. The molecule has 5 aliphatic rings. The average Bonchev–Trinajstić information content (AvgIpc) is 3.37. The molecule has 0 spiro atoms. The number of fused-ring (bicyclic) bond motifs is 5. The lowest BCUT2D eigenvalue weighted by Gasteiger charge is -2.64. The molecule has 5 rings (SSSR count). The minimum Gasteiger partial charge on any atom is -0.393 e. The van der Waals surface area contributed by atoms with Gasteiger partial charge in [0.05, 0.1) is 12.2 Å². The van der Waals surface area contributed by atoms with Gasteiger partial charge in [0.15, 0.2) is 0 Å². The third-order valence-electron chi connectivity index (χ3n) is 12.2. The zero-order valence-corrected chi connectivity index (χ0v) is 23.2. The van der Waals surface area contributed by atoms with Crippen molar-refractivity contribution in [3.8, 4) is 0 Å². The second-order valence-corrected chi connectivity index (χ2v) is 13.7. The van der Waals surface area contributed by atoms with E-state index in [1.807, 2.05) is 0 Å². The Bertz CT molecular complexity index is 906. The molecule has 0 aromatic rings. The van der Waals surface area contributed by atoms with Gasteiger partial charge in [-0.3, -0.25) is 9.59 Å². The third-order valence-corrected chi connectivity index (χ3v) is 12.2. The van der Waals surface area contributed by atoms with E-state index in [-0.39, 0.29) is 48.2 Å². The van der Waals surface area contributed by atoms with Crippen molar-refractivity contribution in [3.63, 3.8) is 0 Å². The Labute approximate surface area is 221 Å². The fourth-order valence-electron chi connectivity index (χ4n) is 10.3. The number of aliphatic hydroxyl groups excluding tert-OH is 2. The molecule has 7 nitrogen and oxygen atoms in total. The molecule has 2 amide bonds. The van der Waals surface area contributed by atoms with Crippen molar-refractivity contribution < 1.29 is 29.4 Å². The zero-order chi connectivity index (χ0) is 26.7. The van der Waals surface area contributed by atoms with E-state index in [0.29, 0.717) is 47.0 Å². The second-order valence-electron chi connectivity index (χ2n) is 13.7. The number of amides is 2. The van der Waals surface area contributed by atoms with Gasteiger partial charge in [-0.15, -0.1) is 5.06 Å². The summed E-state index contributed by atoms with van der Waals surface area (Å²) < 4.78 is 0. The Morgan fingerprint density at radius 1 is 1.00 bits per heavy atom. The molecule has 208 valence electrons. The van der Waals surface area contributed by atoms with E-state index in [9.17, 15) is 24.6 Å². The largest absolute Gasteiger partial charge is 0.393 e. The second kappa shape index (κ2) is 9.93. The van der Waals surface area contributed by atoms with Gasteiger partial charge in [0.1, 0.15) is 0 Å². The molecule has 0 radical (unpaired) electrons. The van der Waals surface area contributed by atoms with Gasteiger partial charge in [-0.1, -0.05) is 34.1 Å². The topological polar surface area (TPSA) is 104 Å². The van der Waals surface area contributed by atoms with Crippen molar-refractivity contribution in [2.24, 2.45) is 52.3 Å². The van der Waals surface area contributed by atoms with E-state index in [1.165, 1.54) is 0 Å². The summed E-state index contributed by atoms with van der Waals surface area (Å²) in [6, 6.07) is 0. The first kappa shape index (κ1) is 27.1. The predicted octanol–water partition coefficient (Wildman–Crippen LogP) is 4.64. The van der Waals surface area contributed by atoms with Crippen LogP contribution in [0.4, 0.5) is 0 Å². The lowest BCUT2D eigenvalue weighted by molar-refractivity contribution is -0.203. The lowest BCUT2D eigenvalue weighted by Crippen LogP contribution is -2.62. The van der Waals surface area contributed by atoms with E-state index >= 15 is 0 Å². The summed E-state index contributed by atoms with van der Waals surface area (Å²) in [4.78, 5) is 41.1. The summed E-state index contributed by atoms with van der Waals surface area (Å²) in [7, 11) is 0. The molecule has 0 aromatic heterocycles. The standard InChI is InChI=1S/C30H47NO6/c1-5-19-23-16-18(32)12-14-30(23,4)22-13-15-29(3)20(7-8-21(29)27(22)28(19)36)17(2)6-11-26(35)37-31-24(33)9-10-25(31)34/h17-23,27-28,32,36H,5-16H2,1-4H3/t17-,18-,19-,20?,21?,22?,23+,27?,28-,29-,30-/m1/s1. The van der Waals surface area contributed by atoms with Crippen molar-refractivity contribution in [1.82, 2.24) is 5.06 Å². The van der Waals surface area contributed by atoms with E-state index in [1.54, 1.807) is 0 Å². The lowest BCUT2D eigenvalue weighted by atomic mass is 9.41. The van der Waals surface area contributed by atoms with E-state index in [4.69, 9.17) is 4.84 Å². The van der Waals surface area contributed by atoms with Crippen molar-refractivity contribution >= 4 is 17.8 Å². The molecule has 7 heteroatoms. The highest BCUT2D eigenvalue weighted by Gasteiger charge is 2.64. The fourth-order valence-corrected chi connectivity index (χ4v) is 10.3. The van der Waals surface area contributed by atoms with Gasteiger partial charge >= 0.3 is 5.97 Å². The van der Waals surface area contributed by atoms with E-state index in [0.717, 1.165) is 51.4 Å². The first-order valence-corrected chi connectivity index (χ1v) is 14.9. The molecule has 1 heterocycles. The molecule has 4 unspecified atom stereocenters. The summed E-state index contributed by atoms with van der Waals surface area (Å²) in [5.41, 5.74) is 0.338. The Kier molecular flexibility index (Phi) is 7.27. The van der Waals surface area contributed by atoms with Crippen LogP contribution in [0.2, 0.25) is 0 Å². The van der Waals surface area contributed by atoms with E-state index in [2.05, 4.69) is 27.7 Å². The molecule has 0 aromatic carbocycles. The highest BCUT2D eigenvalue weighted by atomic mass is 16.7. The maximum absolute atomic E-state index is 12.4. The first-order chi connectivity index (χ1) is 17.5. The number of rotatable bonds is 6. The third kappa shape index (κ3) is 4.36. The van der Waals surface area contributed by atoms with Crippen LogP contribution in [0.5, 0.6) is 0 Å². The molecule has 37 heavy (non-hydrogen) atoms. The molecular formula is C30H47NO6. The van der Waals surface area contributed by atoms with Gasteiger partial charge in [-0.05, 0) is 104 Å². The smallest absolute Gasteiger partial charge is 0.333 e. The van der Waals surface area contributed by atoms with Gasteiger partial charge in [0.25, 0.3) is 11.8 Å². The summed E-state index contributed by atoms with van der Waals surface area (Å²) in [5.74, 6) is 1.39. The number of imide groups is 1. The maximum Gasteiger partial charge on any atom is 0.333 e. The Balaban J connectivity index is 1.28. The first-order valence-electron chi connectivity index (χ1n) is 14.9. The normalized spacial score (nSPS) is 46.3. The van der Waals surface area contributed by atoms with Gasteiger partial charge in [-0.2, -0.15) is 0 Å². The number of hydrogen-bond donors (Lipinski definition) is 2. The maximum atomic E-state index is 12.4. The fraction of sp³-hybridized carbons (Fsp3) is 0.900. The van der Waals surface area contributed by atoms with Crippen molar-refractivity contribution in [1.29, 1.82) is 0 Å². The van der Waals surface area contributed by atoms with Gasteiger partial charge < -0.3 is 15.1 Å². The molecule has 5 fully saturated rings. The van der Waals surface area contributed by atoms with Crippen molar-refractivity contribution in [3.05, 3.63) is 0 Å². The molecule has 2 N–H and O–H groups in total. The summed E-state index contributed by atoms with van der Waals surface area (Å²) in [5, 5.41) is 23.0. The highest BCUT2D eigenvalue weighted by Crippen LogP contribution is 2.69. The molecule has 11 atom stereocenters. The average molecular weight is 518 g/mol. The van der Waals surface area contributed by atoms with Crippen molar-refractivity contribution in [2.75, 3.05) is 0 Å². The molecule has 4 saturated carbocycles. The number of nitrogens with zero attached hydrogens (tertiary/aromatic N) is 1. The molecule has 1 saturated heterocycles. The van der Waals surface area contributed by atoms with Crippen LogP contribution in [0, 0.1) is 52.3 Å². The summed E-state index contributed by atoms with van der Waals surface area (Å²) in [6.45, 7) is 9.35. The molecule has 4 aliphatic carbocycles. The number of hydroxylamine groups is 2. The summed E-state index contributed by atoms with van der Waals surface area (Å²) in [6.07, 6.45) is 8.85. The SMILES string of the molecule is CC[C@H]1[C@@H](O)C2C3CCC([C@H](C)CCC(=O)ON4C(=O)CCC4=O)[C@@]3(C)CCC2[C@@]2(C)CC[C@@H](O)C[C@@H]12. The number of carbonyl (C=O) groups is 3. The van der Waals surface area contributed by atoms with Crippen LogP contribution in [0.25, 0.3) is 0 Å². The molecule has 1 aliphatic heterocycles. The van der Waals surface area contributed by atoms with Gasteiger partial charge in [0.2, 0.25) is 0 Å². The Morgan fingerprint density at radius 2 is 1.65 bits per heavy atom. The van der Waals surface area contributed by atoms with E-state index < -0.39 is 17.8 Å². The van der Waals surface area contributed by atoms with Gasteiger partial charge in [0, 0.05) is 19.3 Å². The van der Waals surface area contributed by atoms with Crippen LogP contribution < -0.4 is 0 Å². The van der Waals surface area contributed by atoms with Crippen molar-refractivity contribution in [2.45, 2.75) is 117 Å². The Hall–Kier alpha value is -1.47. The number of carbonyl (C=O) groups excluding carboxylic acids is 3. The molecule has 0 bridgehead atoms. The van der Waals surface area contributed by atoms with Crippen LogP contribution in [0.1, 0.15) is 105 Å². The van der Waals surface area contributed by atoms with Crippen LogP contribution >= 0.6 is 0 Å². The van der Waals surface area contributed by atoms with Crippen LogP contribution in [0.3, 0.4) is 0 Å². The molecular weight excluding hydrogens is 470 g/mol. The van der Waals surface area contributed by atoms with Crippen LogP contribution in [0.15, 0.2) is 0 Å². The van der Waals surface area contributed by atoms with Gasteiger partial charge in [-0.25, -0.2) is 4.79 Å². The predicted molar refractivity (Wildman–Crippen MR) is 137 cm³/mol. The van der Waals surface area contributed by atoms with Crippen LogP contribution in [-0.4, -0.2) is 45.3 Å². The zero-order valence-electron chi connectivity index (χ0n) is 23.2. The number of hydrogen-bond acceptors (Lipinski definition) is 6. The monoisotopic (exact) mass is 517 g/mol. The quantitative estimate of drug-likeness (QED) is 0.498. The summed E-state index contributed by atoms with van der Waals surface area (Å²) >= 11 is 0. The minimum absolute atomic E-state index is 0.109. The Morgan fingerprint density at radius 3 is 2.32 bits per heavy atom. The van der Waals surface area contributed by atoms with Crippen LogP contribution in [-0.2, 0) is 19.2 Å². The minimum atomic E-state index is -0.509.